The molecular weight excluding hydrogens is 306 g/mol. The van der Waals surface area contributed by atoms with Crippen LogP contribution in [0, 0.1) is 0 Å². The fourth-order valence-corrected chi connectivity index (χ4v) is 1.73. The maximum absolute atomic E-state index is 10.9. The summed E-state index contributed by atoms with van der Waals surface area (Å²) in [6, 6.07) is 10.3. The minimum Gasteiger partial charge on any atom is -0.478 e. The SMILES string of the molecule is CCc1ccncc1C(=O)O.O=C(OCCl)c1ccccc1. The van der Waals surface area contributed by atoms with Gasteiger partial charge in [-0.15, -0.1) is 0 Å². The van der Waals surface area contributed by atoms with Crippen molar-refractivity contribution in [2.24, 2.45) is 0 Å². The third-order valence-electron chi connectivity index (χ3n) is 2.72. The molecule has 0 fully saturated rings. The molecule has 5 nitrogen and oxygen atoms in total. The van der Waals surface area contributed by atoms with Crippen LogP contribution in [0.3, 0.4) is 0 Å². The first-order chi connectivity index (χ1) is 10.6. The highest BCUT2D eigenvalue weighted by Crippen LogP contribution is 2.06. The summed E-state index contributed by atoms with van der Waals surface area (Å²) in [5, 5.41) is 8.66. The average molecular weight is 322 g/mol. The van der Waals surface area contributed by atoms with Gasteiger partial charge in [-0.1, -0.05) is 36.7 Å². The van der Waals surface area contributed by atoms with E-state index in [0.29, 0.717) is 11.1 Å². The second-order valence-electron chi connectivity index (χ2n) is 4.10. The number of aryl methyl sites for hydroxylation is 1. The summed E-state index contributed by atoms with van der Waals surface area (Å²) in [6.07, 6.45) is 3.70. The van der Waals surface area contributed by atoms with Gasteiger partial charge in [0.05, 0.1) is 11.1 Å². The zero-order chi connectivity index (χ0) is 16.4. The lowest BCUT2D eigenvalue weighted by Crippen LogP contribution is -2.02. The molecule has 2 aromatic rings. The molecule has 1 aromatic heterocycles. The van der Waals surface area contributed by atoms with E-state index in [1.54, 1.807) is 36.5 Å². The number of benzene rings is 1. The van der Waals surface area contributed by atoms with Crippen molar-refractivity contribution in [3.8, 4) is 0 Å². The van der Waals surface area contributed by atoms with Gasteiger partial charge in [-0.05, 0) is 30.2 Å². The van der Waals surface area contributed by atoms with E-state index in [9.17, 15) is 9.59 Å². The molecule has 0 aliphatic carbocycles. The van der Waals surface area contributed by atoms with Crippen LogP contribution in [0.2, 0.25) is 0 Å². The van der Waals surface area contributed by atoms with E-state index in [1.165, 1.54) is 6.20 Å². The zero-order valence-corrected chi connectivity index (χ0v) is 12.8. The maximum atomic E-state index is 10.9. The van der Waals surface area contributed by atoms with Crippen LogP contribution < -0.4 is 0 Å². The van der Waals surface area contributed by atoms with Gasteiger partial charge >= 0.3 is 11.9 Å². The van der Waals surface area contributed by atoms with Gasteiger partial charge in [-0.2, -0.15) is 0 Å². The smallest absolute Gasteiger partial charge is 0.339 e. The molecule has 0 radical (unpaired) electrons. The largest absolute Gasteiger partial charge is 0.478 e. The fraction of sp³-hybridized carbons (Fsp3) is 0.188. The number of hydrogen-bond acceptors (Lipinski definition) is 4. The van der Waals surface area contributed by atoms with Gasteiger partial charge in [0.15, 0.2) is 6.07 Å². The van der Waals surface area contributed by atoms with Crippen molar-refractivity contribution in [3.05, 3.63) is 65.5 Å². The Kier molecular flexibility index (Phi) is 7.64. The predicted octanol–water partition coefficient (Wildman–Crippen LogP) is 3.38. The van der Waals surface area contributed by atoms with E-state index in [2.05, 4.69) is 9.72 Å². The Morgan fingerprint density at radius 3 is 2.41 bits per heavy atom. The number of alkyl halides is 1. The Morgan fingerprint density at radius 2 is 1.91 bits per heavy atom. The van der Waals surface area contributed by atoms with Crippen LogP contribution in [0.5, 0.6) is 0 Å². The fourth-order valence-electron chi connectivity index (χ4n) is 1.63. The van der Waals surface area contributed by atoms with Crippen LogP contribution >= 0.6 is 11.6 Å². The number of halogens is 1. The number of esters is 1. The quantitative estimate of drug-likeness (QED) is 0.690. The van der Waals surface area contributed by atoms with Crippen molar-refractivity contribution in [2.75, 3.05) is 6.07 Å². The monoisotopic (exact) mass is 321 g/mol. The van der Waals surface area contributed by atoms with Crippen molar-refractivity contribution in [3.63, 3.8) is 0 Å². The van der Waals surface area contributed by atoms with Crippen LogP contribution in [0.15, 0.2) is 48.8 Å². The highest BCUT2D eigenvalue weighted by atomic mass is 35.5. The molecule has 0 unspecified atom stereocenters. The van der Waals surface area contributed by atoms with Gasteiger partial charge < -0.3 is 9.84 Å². The predicted molar refractivity (Wildman–Crippen MR) is 83.2 cm³/mol. The standard InChI is InChI=1S/C8H7ClO2.C8H9NO2/c9-6-11-8(10)7-4-2-1-3-5-7;1-2-6-3-4-9-5-7(6)8(10)11/h1-5H,6H2;3-5H,2H2,1H3,(H,10,11). The highest BCUT2D eigenvalue weighted by molar-refractivity contribution is 6.17. The first-order valence-electron chi connectivity index (χ1n) is 6.54. The molecule has 1 heterocycles. The average Bonchev–Trinajstić information content (AvgIpc) is 2.56. The lowest BCUT2D eigenvalue weighted by atomic mass is 10.1. The first-order valence-corrected chi connectivity index (χ1v) is 7.07. The number of nitrogens with zero attached hydrogens (tertiary/aromatic N) is 1. The molecule has 0 amide bonds. The number of pyridine rings is 1. The van der Waals surface area contributed by atoms with Gasteiger partial charge in [-0.3, -0.25) is 4.98 Å². The number of carbonyl (C=O) groups is 2. The number of hydrogen-bond donors (Lipinski definition) is 1. The lowest BCUT2D eigenvalue weighted by Gasteiger charge is -1.99. The lowest BCUT2D eigenvalue weighted by molar-refractivity contribution is 0.0573. The topological polar surface area (TPSA) is 76.5 Å². The van der Waals surface area contributed by atoms with Crippen LogP contribution in [0.1, 0.15) is 33.2 Å². The summed E-state index contributed by atoms with van der Waals surface area (Å²) in [6.45, 7) is 1.92. The van der Waals surface area contributed by atoms with Crippen LogP contribution in [0.4, 0.5) is 0 Å². The van der Waals surface area contributed by atoms with Gasteiger partial charge in [0, 0.05) is 12.4 Å². The third kappa shape index (κ3) is 5.54. The molecule has 0 bridgehead atoms. The maximum Gasteiger partial charge on any atom is 0.339 e. The first kappa shape index (κ1) is 17.7. The second-order valence-corrected chi connectivity index (χ2v) is 4.32. The molecule has 0 saturated carbocycles. The molecule has 0 aliphatic heterocycles. The van der Waals surface area contributed by atoms with Gasteiger partial charge in [0.1, 0.15) is 0 Å². The van der Waals surface area contributed by atoms with E-state index in [-0.39, 0.29) is 12.0 Å². The molecular formula is C16H16ClNO4. The second kappa shape index (κ2) is 9.52. The molecule has 0 spiro atoms. The molecule has 0 aliphatic rings. The summed E-state index contributed by atoms with van der Waals surface area (Å²) in [5.41, 5.74) is 1.65. The molecule has 0 atom stereocenters. The summed E-state index contributed by atoms with van der Waals surface area (Å²) < 4.78 is 4.55. The van der Waals surface area contributed by atoms with E-state index in [4.69, 9.17) is 16.7 Å². The van der Waals surface area contributed by atoms with Crippen molar-refractivity contribution >= 4 is 23.5 Å². The number of ether oxygens (including phenoxy) is 1. The molecule has 6 heteroatoms. The number of carbonyl (C=O) groups excluding carboxylic acids is 1. The van der Waals surface area contributed by atoms with E-state index < -0.39 is 5.97 Å². The van der Waals surface area contributed by atoms with Crippen molar-refractivity contribution in [1.29, 1.82) is 0 Å². The Morgan fingerprint density at radius 1 is 1.23 bits per heavy atom. The van der Waals surface area contributed by atoms with Gasteiger partial charge in [-0.25, -0.2) is 9.59 Å². The Labute approximate surface area is 133 Å². The van der Waals surface area contributed by atoms with E-state index in [1.807, 2.05) is 13.0 Å². The minimum absolute atomic E-state index is 0.103. The van der Waals surface area contributed by atoms with Gasteiger partial charge in [0.2, 0.25) is 0 Å². The number of carboxylic acids is 1. The van der Waals surface area contributed by atoms with Crippen LogP contribution in [0.25, 0.3) is 0 Å². The van der Waals surface area contributed by atoms with Crippen molar-refractivity contribution in [2.45, 2.75) is 13.3 Å². The van der Waals surface area contributed by atoms with Crippen molar-refractivity contribution in [1.82, 2.24) is 4.98 Å². The summed E-state index contributed by atoms with van der Waals surface area (Å²) in [4.78, 5) is 25.2. The van der Waals surface area contributed by atoms with Gasteiger partial charge in [0.25, 0.3) is 0 Å². The molecule has 22 heavy (non-hydrogen) atoms. The minimum atomic E-state index is -0.907. The molecule has 116 valence electrons. The van der Waals surface area contributed by atoms with Crippen LogP contribution in [-0.4, -0.2) is 28.1 Å². The Bertz CT molecular complexity index is 617. The zero-order valence-electron chi connectivity index (χ0n) is 12.0. The molecule has 2 rings (SSSR count). The Hall–Kier alpha value is -2.40. The molecule has 1 N–H and O–H groups in total. The van der Waals surface area contributed by atoms with E-state index in [0.717, 1.165) is 12.0 Å². The highest BCUT2D eigenvalue weighted by Gasteiger charge is 2.06. The van der Waals surface area contributed by atoms with Crippen molar-refractivity contribution < 1.29 is 19.4 Å². The summed E-state index contributed by atoms with van der Waals surface area (Å²) >= 11 is 5.20. The number of carboxylic acid groups (broad SMARTS) is 1. The number of rotatable bonds is 4. The summed E-state index contributed by atoms with van der Waals surface area (Å²) in [5.74, 6) is -1.30. The summed E-state index contributed by atoms with van der Waals surface area (Å²) in [7, 11) is 0. The Balaban J connectivity index is 0.000000220. The number of aromatic carboxylic acids is 1. The third-order valence-corrected chi connectivity index (χ3v) is 2.83. The molecule has 0 saturated heterocycles. The number of aromatic nitrogens is 1. The molecule has 1 aromatic carbocycles. The normalized spacial score (nSPS) is 9.36. The van der Waals surface area contributed by atoms with E-state index >= 15 is 0 Å². The van der Waals surface area contributed by atoms with Crippen LogP contribution in [-0.2, 0) is 11.2 Å².